The Morgan fingerprint density at radius 1 is 1.14 bits per heavy atom. The van der Waals surface area contributed by atoms with Gasteiger partial charge in [0, 0.05) is 17.2 Å². The van der Waals surface area contributed by atoms with Crippen LogP contribution in [0.1, 0.15) is 30.0 Å². The molecule has 0 bridgehead atoms. The summed E-state index contributed by atoms with van der Waals surface area (Å²) in [6.07, 6.45) is -0.774. The van der Waals surface area contributed by atoms with E-state index in [1.54, 1.807) is 12.3 Å². The molecule has 0 unspecified atom stereocenters. The number of H-pyrrole nitrogens is 1. The van der Waals surface area contributed by atoms with Crippen molar-refractivity contribution in [2.45, 2.75) is 24.9 Å². The normalized spacial score (nSPS) is 17.1. The molecule has 3 rings (SSSR count). The number of alkyl halides is 3. The predicted molar refractivity (Wildman–Crippen MR) is 73.9 cm³/mol. The highest BCUT2D eigenvalue weighted by molar-refractivity contribution is 5.66. The second kappa shape index (κ2) is 5.52. The van der Waals surface area contributed by atoms with Gasteiger partial charge in [-0.2, -0.15) is 18.3 Å². The molecular formula is C15H16F3N3. The van der Waals surface area contributed by atoms with Gasteiger partial charge in [-0.25, -0.2) is 0 Å². The minimum Gasteiger partial charge on any atom is -0.317 e. The standard InChI is InChI=1S/C15H16F3N3/c16-15(17,18)12-3-1-2-11(8-12)13-9-20-21-14(13)10-4-6-19-7-5-10/h1-3,8-10,19H,4-7H2,(H,20,21). The van der Waals surface area contributed by atoms with Crippen molar-refractivity contribution >= 4 is 0 Å². The quantitative estimate of drug-likeness (QED) is 0.889. The van der Waals surface area contributed by atoms with Crippen molar-refractivity contribution in [3.8, 4) is 11.1 Å². The topological polar surface area (TPSA) is 40.7 Å². The molecule has 0 saturated carbocycles. The fraction of sp³-hybridized carbons (Fsp3) is 0.400. The minimum atomic E-state index is -4.32. The average molecular weight is 295 g/mol. The van der Waals surface area contributed by atoms with Gasteiger partial charge in [0.1, 0.15) is 0 Å². The van der Waals surface area contributed by atoms with Crippen LogP contribution in [0.4, 0.5) is 13.2 Å². The van der Waals surface area contributed by atoms with Gasteiger partial charge in [0.15, 0.2) is 0 Å². The van der Waals surface area contributed by atoms with Crippen molar-refractivity contribution in [1.29, 1.82) is 0 Å². The van der Waals surface area contributed by atoms with Crippen molar-refractivity contribution < 1.29 is 13.2 Å². The van der Waals surface area contributed by atoms with E-state index in [2.05, 4.69) is 15.5 Å². The van der Waals surface area contributed by atoms with Gasteiger partial charge in [-0.15, -0.1) is 0 Å². The van der Waals surface area contributed by atoms with Gasteiger partial charge in [-0.1, -0.05) is 12.1 Å². The Morgan fingerprint density at radius 2 is 1.90 bits per heavy atom. The third-order valence-electron chi connectivity index (χ3n) is 3.92. The second-order valence-corrected chi connectivity index (χ2v) is 5.30. The number of nitrogens with one attached hydrogen (secondary N) is 2. The van der Waals surface area contributed by atoms with Crippen LogP contribution < -0.4 is 5.32 Å². The van der Waals surface area contributed by atoms with Gasteiger partial charge in [-0.3, -0.25) is 5.10 Å². The first-order valence-corrected chi connectivity index (χ1v) is 6.97. The maximum absolute atomic E-state index is 12.8. The van der Waals surface area contributed by atoms with Crippen molar-refractivity contribution in [1.82, 2.24) is 15.5 Å². The van der Waals surface area contributed by atoms with Crippen LogP contribution in [0, 0.1) is 0 Å². The number of aromatic amines is 1. The van der Waals surface area contributed by atoms with Crippen LogP contribution >= 0.6 is 0 Å². The fourth-order valence-corrected chi connectivity index (χ4v) is 2.81. The Balaban J connectivity index is 1.96. The van der Waals surface area contributed by atoms with Gasteiger partial charge in [0.2, 0.25) is 0 Å². The summed E-state index contributed by atoms with van der Waals surface area (Å²) in [7, 11) is 0. The molecule has 0 atom stereocenters. The zero-order valence-corrected chi connectivity index (χ0v) is 11.4. The molecule has 1 aliphatic heterocycles. The smallest absolute Gasteiger partial charge is 0.317 e. The van der Waals surface area contributed by atoms with E-state index in [9.17, 15) is 13.2 Å². The summed E-state index contributed by atoms with van der Waals surface area (Å²) in [6, 6.07) is 5.42. The van der Waals surface area contributed by atoms with Gasteiger partial charge in [-0.05, 0) is 43.6 Å². The Labute approximate surface area is 120 Å². The molecule has 1 aromatic carbocycles. The summed E-state index contributed by atoms with van der Waals surface area (Å²) in [5.41, 5.74) is 1.65. The minimum absolute atomic E-state index is 0.318. The van der Waals surface area contributed by atoms with Crippen LogP contribution in [-0.4, -0.2) is 23.3 Å². The number of nitrogens with zero attached hydrogens (tertiary/aromatic N) is 1. The first-order valence-electron chi connectivity index (χ1n) is 6.97. The van der Waals surface area contributed by atoms with Gasteiger partial charge in [0.25, 0.3) is 0 Å². The summed E-state index contributed by atoms with van der Waals surface area (Å²) in [5.74, 6) is 0.318. The molecule has 0 amide bonds. The number of halogens is 3. The number of hydrogen-bond donors (Lipinski definition) is 2. The highest BCUT2D eigenvalue weighted by Gasteiger charge is 2.31. The van der Waals surface area contributed by atoms with Crippen molar-refractivity contribution in [3.05, 3.63) is 41.7 Å². The lowest BCUT2D eigenvalue weighted by Crippen LogP contribution is -2.27. The molecule has 2 aromatic rings. The van der Waals surface area contributed by atoms with E-state index in [4.69, 9.17) is 0 Å². The van der Waals surface area contributed by atoms with E-state index in [0.29, 0.717) is 11.5 Å². The van der Waals surface area contributed by atoms with E-state index >= 15 is 0 Å². The van der Waals surface area contributed by atoms with E-state index in [-0.39, 0.29) is 0 Å². The third-order valence-corrected chi connectivity index (χ3v) is 3.92. The molecule has 1 saturated heterocycles. The van der Waals surface area contributed by atoms with E-state index in [1.165, 1.54) is 12.1 Å². The summed E-state index contributed by atoms with van der Waals surface area (Å²) in [6.45, 7) is 1.84. The third kappa shape index (κ3) is 2.95. The van der Waals surface area contributed by atoms with Crippen LogP contribution in [0.2, 0.25) is 0 Å². The number of aromatic nitrogens is 2. The molecule has 2 N–H and O–H groups in total. The highest BCUT2D eigenvalue weighted by atomic mass is 19.4. The number of piperidine rings is 1. The Kier molecular flexibility index (Phi) is 3.71. The summed E-state index contributed by atoms with van der Waals surface area (Å²) in [4.78, 5) is 0. The molecule has 1 fully saturated rings. The van der Waals surface area contributed by atoms with Crippen LogP contribution in [0.15, 0.2) is 30.5 Å². The molecule has 21 heavy (non-hydrogen) atoms. The van der Waals surface area contributed by atoms with Gasteiger partial charge in [0.05, 0.1) is 11.8 Å². The molecule has 1 aromatic heterocycles. The second-order valence-electron chi connectivity index (χ2n) is 5.30. The maximum atomic E-state index is 12.8. The SMILES string of the molecule is FC(F)(F)c1cccc(-c2cn[nH]c2C2CCNCC2)c1. The Hall–Kier alpha value is -1.82. The largest absolute Gasteiger partial charge is 0.416 e. The van der Waals surface area contributed by atoms with Crippen LogP contribution in [-0.2, 0) is 6.18 Å². The van der Waals surface area contributed by atoms with E-state index in [1.807, 2.05) is 0 Å². The predicted octanol–water partition coefficient (Wildman–Crippen LogP) is 3.56. The molecule has 0 spiro atoms. The molecule has 3 nitrogen and oxygen atoms in total. The van der Waals surface area contributed by atoms with E-state index in [0.717, 1.165) is 43.3 Å². The summed E-state index contributed by atoms with van der Waals surface area (Å²) < 4.78 is 38.5. The lowest BCUT2D eigenvalue weighted by atomic mass is 9.90. The van der Waals surface area contributed by atoms with Crippen molar-refractivity contribution in [2.75, 3.05) is 13.1 Å². The summed E-state index contributed by atoms with van der Waals surface area (Å²) >= 11 is 0. The molecule has 0 radical (unpaired) electrons. The van der Waals surface area contributed by atoms with Crippen LogP contribution in [0.25, 0.3) is 11.1 Å². The fourth-order valence-electron chi connectivity index (χ4n) is 2.81. The molecule has 112 valence electrons. The number of rotatable bonds is 2. The summed E-state index contributed by atoms with van der Waals surface area (Å²) in [5, 5.41) is 10.3. The highest BCUT2D eigenvalue weighted by Crippen LogP contribution is 2.35. The monoisotopic (exact) mass is 295 g/mol. The van der Waals surface area contributed by atoms with Gasteiger partial charge < -0.3 is 5.32 Å². The Morgan fingerprint density at radius 3 is 2.62 bits per heavy atom. The first kappa shape index (κ1) is 14.1. The molecule has 6 heteroatoms. The van der Waals surface area contributed by atoms with Crippen molar-refractivity contribution in [3.63, 3.8) is 0 Å². The zero-order chi connectivity index (χ0) is 14.9. The number of hydrogen-bond acceptors (Lipinski definition) is 2. The van der Waals surface area contributed by atoms with Gasteiger partial charge >= 0.3 is 6.18 Å². The molecular weight excluding hydrogens is 279 g/mol. The molecule has 2 heterocycles. The molecule has 0 aliphatic carbocycles. The molecule has 1 aliphatic rings. The Bertz CT molecular complexity index is 613. The zero-order valence-electron chi connectivity index (χ0n) is 11.4. The lowest BCUT2D eigenvalue weighted by Gasteiger charge is -2.22. The lowest BCUT2D eigenvalue weighted by molar-refractivity contribution is -0.137. The van der Waals surface area contributed by atoms with Crippen molar-refractivity contribution in [2.24, 2.45) is 0 Å². The number of benzene rings is 1. The first-order chi connectivity index (χ1) is 10.1. The van der Waals surface area contributed by atoms with Crippen LogP contribution in [0.3, 0.4) is 0 Å². The van der Waals surface area contributed by atoms with E-state index < -0.39 is 11.7 Å². The van der Waals surface area contributed by atoms with Crippen LogP contribution in [0.5, 0.6) is 0 Å². The maximum Gasteiger partial charge on any atom is 0.416 e. The average Bonchev–Trinajstić information content (AvgIpc) is 2.97.